The predicted molar refractivity (Wildman–Crippen MR) is 77.5 cm³/mol. The molecule has 0 bridgehead atoms. The van der Waals surface area contributed by atoms with E-state index >= 15 is 0 Å². The summed E-state index contributed by atoms with van der Waals surface area (Å²) in [5, 5.41) is 3.39. The second-order valence-electron chi connectivity index (χ2n) is 4.52. The van der Waals surface area contributed by atoms with E-state index in [-0.39, 0.29) is 0 Å². The van der Waals surface area contributed by atoms with Crippen molar-refractivity contribution in [1.82, 2.24) is 9.55 Å². The summed E-state index contributed by atoms with van der Waals surface area (Å²) in [6, 6.07) is 10.8. The van der Waals surface area contributed by atoms with Gasteiger partial charge in [-0.3, -0.25) is 0 Å². The Morgan fingerprint density at radius 1 is 1.28 bits per heavy atom. The first-order chi connectivity index (χ1) is 8.93. The van der Waals surface area contributed by atoms with Crippen LogP contribution in [0.5, 0.6) is 0 Å². The van der Waals surface area contributed by atoms with Gasteiger partial charge in [-0.1, -0.05) is 18.2 Å². The van der Waals surface area contributed by atoms with Crippen LogP contribution in [0.25, 0.3) is 0 Å². The van der Waals surface area contributed by atoms with E-state index in [0.29, 0.717) is 6.04 Å². The summed E-state index contributed by atoms with van der Waals surface area (Å²) in [7, 11) is 0. The van der Waals surface area contributed by atoms with Gasteiger partial charge >= 0.3 is 0 Å². The van der Waals surface area contributed by atoms with Crippen molar-refractivity contribution in [3.05, 3.63) is 42.7 Å². The maximum Gasteiger partial charge on any atom is 0.207 e. The Labute approximate surface area is 112 Å². The van der Waals surface area contributed by atoms with Gasteiger partial charge < -0.3 is 9.88 Å². The second kappa shape index (κ2) is 5.48. The zero-order valence-corrected chi connectivity index (χ0v) is 11.1. The molecule has 2 aromatic rings. The number of hydrogen-bond donors (Lipinski definition) is 1. The van der Waals surface area contributed by atoms with Gasteiger partial charge in [-0.25, -0.2) is 4.98 Å². The summed E-state index contributed by atoms with van der Waals surface area (Å²) in [4.78, 5) is 4.43. The first kappa shape index (κ1) is 11.7. The number of rotatable bonds is 3. The van der Waals surface area contributed by atoms with Gasteiger partial charge in [-0.15, -0.1) is 0 Å². The molecular formula is C14H17N3S. The second-order valence-corrected chi connectivity index (χ2v) is 5.67. The molecule has 0 aliphatic carbocycles. The average Bonchev–Trinajstić information content (AvgIpc) is 2.89. The topological polar surface area (TPSA) is 29.9 Å². The van der Waals surface area contributed by atoms with Crippen molar-refractivity contribution in [2.45, 2.75) is 18.9 Å². The molecule has 4 heteroatoms. The van der Waals surface area contributed by atoms with Gasteiger partial charge in [0.2, 0.25) is 5.95 Å². The number of para-hydroxylation sites is 1. The summed E-state index contributed by atoms with van der Waals surface area (Å²) < 4.78 is 2.28. The summed E-state index contributed by atoms with van der Waals surface area (Å²) in [5.74, 6) is 3.45. The van der Waals surface area contributed by atoms with Crippen LogP contribution in [0.3, 0.4) is 0 Å². The first-order valence-electron chi connectivity index (χ1n) is 6.36. The Hall–Kier alpha value is -1.42. The van der Waals surface area contributed by atoms with Gasteiger partial charge in [0.05, 0.1) is 0 Å². The minimum absolute atomic E-state index is 0.581. The fraction of sp³-hybridized carbons (Fsp3) is 0.357. The molecule has 0 radical (unpaired) electrons. The van der Waals surface area contributed by atoms with Crippen molar-refractivity contribution in [3.63, 3.8) is 0 Å². The molecule has 94 valence electrons. The van der Waals surface area contributed by atoms with E-state index in [2.05, 4.69) is 33.2 Å². The Morgan fingerprint density at radius 3 is 2.94 bits per heavy atom. The van der Waals surface area contributed by atoms with Crippen LogP contribution in [0.15, 0.2) is 42.7 Å². The number of anilines is 2. The lowest BCUT2D eigenvalue weighted by atomic mass is 10.2. The van der Waals surface area contributed by atoms with E-state index in [4.69, 9.17) is 0 Å². The molecule has 1 N–H and O–H groups in total. The van der Waals surface area contributed by atoms with E-state index in [1.807, 2.05) is 36.2 Å². The highest BCUT2D eigenvalue weighted by Gasteiger charge is 2.17. The van der Waals surface area contributed by atoms with Crippen molar-refractivity contribution >= 4 is 23.4 Å². The molecule has 3 nitrogen and oxygen atoms in total. The Morgan fingerprint density at radius 2 is 2.17 bits per heavy atom. The lowest BCUT2D eigenvalue weighted by Gasteiger charge is -2.24. The van der Waals surface area contributed by atoms with E-state index < -0.39 is 0 Å². The fourth-order valence-electron chi connectivity index (χ4n) is 2.30. The van der Waals surface area contributed by atoms with E-state index in [0.717, 1.165) is 11.6 Å². The highest BCUT2D eigenvalue weighted by molar-refractivity contribution is 7.99. The Balaban J connectivity index is 1.78. The number of nitrogens with zero attached hydrogens (tertiary/aromatic N) is 2. The number of imidazole rings is 1. The molecular weight excluding hydrogens is 242 g/mol. The monoisotopic (exact) mass is 259 g/mol. The molecule has 0 amide bonds. The number of thioether (sulfide) groups is 1. The van der Waals surface area contributed by atoms with Crippen LogP contribution < -0.4 is 5.32 Å². The third-order valence-corrected chi connectivity index (χ3v) is 4.43. The Bertz CT molecular complexity index is 489. The van der Waals surface area contributed by atoms with E-state index in [9.17, 15) is 0 Å². The van der Waals surface area contributed by atoms with Crippen LogP contribution in [0.1, 0.15) is 18.9 Å². The van der Waals surface area contributed by atoms with Gasteiger partial charge in [0.15, 0.2) is 0 Å². The molecule has 1 saturated heterocycles. The van der Waals surface area contributed by atoms with Crippen LogP contribution >= 0.6 is 11.8 Å². The molecule has 0 spiro atoms. The number of hydrogen-bond acceptors (Lipinski definition) is 3. The van der Waals surface area contributed by atoms with Crippen LogP contribution in [0, 0.1) is 0 Å². The summed E-state index contributed by atoms with van der Waals surface area (Å²) in [5.41, 5.74) is 1.09. The third-order valence-electron chi connectivity index (χ3n) is 3.23. The molecule has 18 heavy (non-hydrogen) atoms. The van der Waals surface area contributed by atoms with Crippen LogP contribution in [0.2, 0.25) is 0 Å². The molecule has 1 unspecified atom stereocenters. The van der Waals surface area contributed by atoms with Crippen molar-refractivity contribution in [2.75, 3.05) is 16.8 Å². The van der Waals surface area contributed by atoms with Gasteiger partial charge in [0.1, 0.15) is 0 Å². The number of nitrogens with one attached hydrogen (secondary N) is 1. The van der Waals surface area contributed by atoms with Gasteiger partial charge in [0.25, 0.3) is 0 Å². The molecule has 1 aromatic carbocycles. The first-order valence-corrected chi connectivity index (χ1v) is 7.51. The molecule has 1 aliphatic heterocycles. The average molecular weight is 259 g/mol. The zero-order chi connectivity index (χ0) is 12.2. The van der Waals surface area contributed by atoms with Crippen molar-refractivity contribution in [2.24, 2.45) is 0 Å². The SMILES string of the molecule is c1ccc(Nc2nccn2C2CCCSC2)cc1. The molecule has 1 fully saturated rings. The third kappa shape index (κ3) is 2.53. The highest BCUT2D eigenvalue weighted by Crippen LogP contribution is 2.29. The standard InChI is InChI=1S/C14H17N3S/c1-2-5-12(6-3-1)16-14-15-8-9-17(14)13-7-4-10-18-11-13/h1-3,5-6,8-9,13H,4,7,10-11H2,(H,15,16). The van der Waals surface area contributed by atoms with E-state index in [1.165, 1.54) is 24.3 Å². The fourth-order valence-corrected chi connectivity index (χ4v) is 3.44. The van der Waals surface area contributed by atoms with Crippen molar-refractivity contribution < 1.29 is 0 Å². The van der Waals surface area contributed by atoms with E-state index in [1.54, 1.807) is 0 Å². The van der Waals surface area contributed by atoms with Crippen LogP contribution in [0.4, 0.5) is 11.6 Å². The summed E-state index contributed by atoms with van der Waals surface area (Å²) in [6.45, 7) is 0. The van der Waals surface area contributed by atoms with Crippen molar-refractivity contribution in [1.29, 1.82) is 0 Å². The largest absolute Gasteiger partial charge is 0.326 e. The van der Waals surface area contributed by atoms with Gasteiger partial charge in [-0.05, 0) is 30.7 Å². The molecule has 2 heterocycles. The van der Waals surface area contributed by atoms with Gasteiger partial charge in [0, 0.05) is 29.9 Å². The molecule has 1 aliphatic rings. The molecule has 1 aromatic heterocycles. The molecule has 0 saturated carbocycles. The summed E-state index contributed by atoms with van der Waals surface area (Å²) in [6.07, 6.45) is 6.53. The lowest BCUT2D eigenvalue weighted by molar-refractivity contribution is 0.505. The quantitative estimate of drug-likeness (QED) is 0.911. The molecule has 1 atom stereocenters. The summed E-state index contributed by atoms with van der Waals surface area (Å²) >= 11 is 2.04. The maximum absolute atomic E-state index is 4.43. The van der Waals surface area contributed by atoms with Crippen LogP contribution in [-0.4, -0.2) is 21.1 Å². The molecule has 3 rings (SSSR count). The maximum atomic E-state index is 4.43. The Kier molecular flexibility index (Phi) is 3.55. The lowest BCUT2D eigenvalue weighted by Crippen LogP contribution is -2.17. The zero-order valence-electron chi connectivity index (χ0n) is 10.2. The smallest absolute Gasteiger partial charge is 0.207 e. The van der Waals surface area contributed by atoms with Crippen LogP contribution in [-0.2, 0) is 0 Å². The normalized spacial score (nSPS) is 19.7. The minimum atomic E-state index is 0.581. The number of aromatic nitrogens is 2. The van der Waals surface area contributed by atoms with Crippen molar-refractivity contribution in [3.8, 4) is 0 Å². The number of benzene rings is 1. The van der Waals surface area contributed by atoms with Gasteiger partial charge in [-0.2, -0.15) is 11.8 Å². The highest BCUT2D eigenvalue weighted by atomic mass is 32.2. The predicted octanol–water partition coefficient (Wildman–Crippen LogP) is 3.69. The minimum Gasteiger partial charge on any atom is -0.326 e.